The Balaban J connectivity index is 0.856. The molecule has 0 aliphatic carbocycles. The van der Waals surface area contributed by atoms with Gasteiger partial charge in [0.1, 0.15) is 36.6 Å². The lowest BCUT2D eigenvalue weighted by molar-refractivity contribution is -0.144. The number of thiocarbonyl (C=S) groups is 1. The van der Waals surface area contributed by atoms with Crippen molar-refractivity contribution in [2.24, 2.45) is 11.3 Å². The highest BCUT2D eigenvalue weighted by Crippen LogP contribution is 2.38. The first kappa shape index (κ1) is 50.6. The van der Waals surface area contributed by atoms with E-state index in [1.807, 2.05) is 114 Å². The number of aromatic nitrogens is 1. The van der Waals surface area contributed by atoms with Crippen LogP contribution in [-0.4, -0.2) is 109 Å². The molecule has 356 valence electrons. The topological polar surface area (TPSA) is 156 Å². The lowest BCUT2D eigenvalue weighted by Gasteiger charge is -2.35. The molecular weight excluding hydrogens is 891 g/mol. The van der Waals surface area contributed by atoms with Crippen molar-refractivity contribution in [3.8, 4) is 16.2 Å². The van der Waals surface area contributed by atoms with E-state index in [0.717, 1.165) is 32.9 Å². The van der Waals surface area contributed by atoms with Crippen molar-refractivity contribution in [1.29, 1.82) is 0 Å². The second-order valence-corrected chi connectivity index (χ2v) is 19.6. The van der Waals surface area contributed by atoms with Crippen LogP contribution in [-0.2, 0) is 39.9 Å². The molecule has 1 aromatic heterocycles. The molecule has 2 aliphatic rings. The monoisotopic (exact) mass is 951 g/mol. The van der Waals surface area contributed by atoms with Crippen molar-refractivity contribution in [3.05, 3.63) is 100 Å². The van der Waals surface area contributed by atoms with Crippen molar-refractivity contribution in [3.63, 3.8) is 0 Å². The van der Waals surface area contributed by atoms with Crippen molar-refractivity contribution in [2.45, 2.75) is 86.0 Å². The summed E-state index contributed by atoms with van der Waals surface area (Å²) in [6, 6.07) is 19.1. The van der Waals surface area contributed by atoms with Gasteiger partial charge in [-0.05, 0) is 111 Å². The Hall–Kier alpha value is -5.77. The van der Waals surface area contributed by atoms with Gasteiger partial charge in [-0.25, -0.2) is 9.83 Å². The number of thiazole rings is 1. The molecule has 0 radical (unpaired) electrons. The molecule has 0 saturated carbocycles. The Labute approximate surface area is 402 Å². The standard InChI is InChI=1S/C50H61N7O8S2/c1-32-26-41(45(59)52-28-35-10-12-36(13-11-35)43-34(3)53-31-67-43)55(29-32)46(60)44(49(4,5)6)54-42(58)30-64-23-22-62-20-21-63-24-25-65-39-17-14-37(15-18-39)57-48(66)56(47(61)50(57,7)8)38-16-19-40(51-9)33(2)27-38/h10-19,27,31-32,41,44H,20-26,28-30H2,1-8H3,(H,52,59)(H,54,58)/t32-,41+,44-/m1/s1. The van der Waals surface area contributed by atoms with Gasteiger partial charge in [0.15, 0.2) is 10.8 Å². The maximum Gasteiger partial charge on any atom is 0.259 e. The zero-order valence-corrected chi connectivity index (χ0v) is 41.2. The van der Waals surface area contributed by atoms with Crippen molar-refractivity contribution in [2.75, 3.05) is 62.6 Å². The lowest BCUT2D eigenvalue weighted by atomic mass is 9.85. The fourth-order valence-electron chi connectivity index (χ4n) is 8.09. The number of hydrogen-bond donors (Lipinski definition) is 2. The molecular formula is C50H61N7O8S2. The number of anilines is 2. The highest BCUT2D eigenvalue weighted by molar-refractivity contribution is 7.81. The summed E-state index contributed by atoms with van der Waals surface area (Å²) >= 11 is 7.39. The van der Waals surface area contributed by atoms with Gasteiger partial charge in [-0.15, -0.1) is 11.3 Å². The third-order valence-electron chi connectivity index (χ3n) is 11.7. The van der Waals surface area contributed by atoms with E-state index in [1.54, 1.807) is 34.4 Å². The number of carbonyl (C=O) groups is 4. The minimum Gasteiger partial charge on any atom is -0.491 e. The molecule has 17 heteroatoms. The number of aryl methyl sites for hydroxylation is 2. The number of hydrogen-bond acceptors (Lipinski definition) is 11. The van der Waals surface area contributed by atoms with Gasteiger partial charge in [-0.1, -0.05) is 58.0 Å². The van der Waals surface area contributed by atoms with Crippen LogP contribution in [0.1, 0.15) is 64.8 Å². The van der Waals surface area contributed by atoms with E-state index in [4.69, 9.17) is 37.7 Å². The molecule has 2 N–H and O–H groups in total. The van der Waals surface area contributed by atoms with Crippen molar-refractivity contribution >= 4 is 69.4 Å². The summed E-state index contributed by atoms with van der Waals surface area (Å²) in [7, 11) is 0. The Morgan fingerprint density at radius 1 is 0.940 bits per heavy atom. The maximum atomic E-state index is 14.0. The Morgan fingerprint density at radius 3 is 2.19 bits per heavy atom. The zero-order chi connectivity index (χ0) is 48.5. The van der Waals surface area contributed by atoms with Crippen LogP contribution in [0.3, 0.4) is 0 Å². The minimum absolute atomic E-state index is 0.120. The van der Waals surface area contributed by atoms with Crippen LogP contribution in [0.25, 0.3) is 15.3 Å². The largest absolute Gasteiger partial charge is 0.491 e. The van der Waals surface area contributed by atoms with Crippen LogP contribution < -0.4 is 25.2 Å². The predicted octanol–water partition coefficient (Wildman–Crippen LogP) is 7.41. The number of amides is 4. The third-order valence-corrected chi connectivity index (χ3v) is 13.1. The van der Waals surface area contributed by atoms with Crippen LogP contribution in [0.15, 0.2) is 72.2 Å². The van der Waals surface area contributed by atoms with Crippen LogP contribution in [0, 0.1) is 31.8 Å². The Morgan fingerprint density at radius 2 is 1.58 bits per heavy atom. The molecule has 4 amide bonds. The number of carbonyl (C=O) groups excluding carboxylic acids is 4. The number of rotatable bonds is 20. The number of nitrogens with one attached hydrogen (secondary N) is 2. The smallest absolute Gasteiger partial charge is 0.259 e. The summed E-state index contributed by atoms with van der Waals surface area (Å²) in [5.41, 5.74) is 5.95. The van der Waals surface area contributed by atoms with E-state index in [9.17, 15) is 19.2 Å². The molecule has 3 aromatic carbocycles. The molecule has 2 saturated heterocycles. The van der Waals surface area contributed by atoms with Gasteiger partial charge in [0, 0.05) is 24.5 Å². The summed E-state index contributed by atoms with van der Waals surface area (Å²) in [6.07, 6.45) is 0.534. The molecule has 3 heterocycles. The maximum absolute atomic E-state index is 14.0. The molecule has 2 aliphatic heterocycles. The first-order valence-electron chi connectivity index (χ1n) is 22.4. The summed E-state index contributed by atoms with van der Waals surface area (Å²) < 4.78 is 22.7. The first-order valence-corrected chi connectivity index (χ1v) is 23.7. The molecule has 0 bridgehead atoms. The SMILES string of the molecule is [C-]#[N+]c1ccc(N2C(=O)C(C)(C)N(c3ccc(OCCOCCOCCOCC(=O)N[C@H](C(=O)N4C[C@H](C)C[C@H]4C(=O)NCc4ccc(-c5scnc5C)cc4)C(C)(C)C)cc3)C2=S)cc1C. The average Bonchev–Trinajstić information content (AvgIpc) is 3.96. The second-order valence-electron chi connectivity index (χ2n) is 18.4. The molecule has 2 fully saturated rings. The van der Waals surface area contributed by atoms with Gasteiger partial charge in [0.25, 0.3) is 5.91 Å². The average molecular weight is 952 g/mol. The van der Waals surface area contributed by atoms with Crippen LogP contribution in [0.4, 0.5) is 17.1 Å². The van der Waals surface area contributed by atoms with Crippen LogP contribution in [0.5, 0.6) is 5.75 Å². The fraction of sp³-hybridized carbons (Fsp3) is 0.460. The van der Waals surface area contributed by atoms with Gasteiger partial charge in [-0.3, -0.25) is 24.1 Å². The van der Waals surface area contributed by atoms with Crippen LogP contribution in [0.2, 0.25) is 0 Å². The van der Waals surface area contributed by atoms with Crippen LogP contribution >= 0.6 is 23.6 Å². The number of nitrogens with zero attached hydrogens (tertiary/aromatic N) is 5. The molecule has 15 nitrogen and oxygen atoms in total. The normalized spacial score (nSPS) is 17.4. The molecule has 3 atom stereocenters. The highest BCUT2D eigenvalue weighted by atomic mass is 32.1. The van der Waals surface area contributed by atoms with E-state index in [1.165, 1.54) is 4.90 Å². The summed E-state index contributed by atoms with van der Waals surface area (Å²) in [5, 5.41) is 6.25. The predicted molar refractivity (Wildman–Crippen MR) is 263 cm³/mol. The van der Waals surface area contributed by atoms with E-state index >= 15 is 0 Å². The van der Waals surface area contributed by atoms with Crippen molar-refractivity contribution in [1.82, 2.24) is 20.5 Å². The molecule has 4 aromatic rings. The molecule has 0 spiro atoms. The fourth-order valence-corrected chi connectivity index (χ4v) is 9.42. The number of ether oxygens (including phenoxy) is 4. The van der Waals surface area contributed by atoms with E-state index in [2.05, 4.69) is 20.5 Å². The highest BCUT2D eigenvalue weighted by Gasteiger charge is 2.50. The molecule has 0 unspecified atom stereocenters. The third kappa shape index (κ3) is 12.4. The van der Waals surface area contributed by atoms with Gasteiger partial charge in [0.2, 0.25) is 17.7 Å². The quantitative estimate of drug-likeness (QED) is 0.0517. The zero-order valence-electron chi connectivity index (χ0n) is 39.5. The summed E-state index contributed by atoms with van der Waals surface area (Å²) in [4.78, 5) is 68.1. The van der Waals surface area contributed by atoms with Gasteiger partial charge >= 0.3 is 0 Å². The van der Waals surface area contributed by atoms with E-state index in [-0.39, 0.29) is 43.5 Å². The second kappa shape index (κ2) is 22.4. The van der Waals surface area contributed by atoms with E-state index in [0.29, 0.717) is 68.2 Å². The molecule has 67 heavy (non-hydrogen) atoms. The van der Waals surface area contributed by atoms with Crippen molar-refractivity contribution < 1.29 is 38.1 Å². The lowest BCUT2D eigenvalue weighted by Crippen LogP contribution is -2.58. The number of benzene rings is 3. The Kier molecular flexibility index (Phi) is 16.9. The first-order chi connectivity index (χ1) is 31.9. The van der Waals surface area contributed by atoms with E-state index < -0.39 is 28.9 Å². The van der Waals surface area contributed by atoms with Gasteiger partial charge in [0.05, 0.1) is 55.7 Å². The van der Waals surface area contributed by atoms with Gasteiger partial charge < -0.3 is 39.4 Å². The Bertz CT molecular complexity index is 2450. The summed E-state index contributed by atoms with van der Waals surface area (Å²) in [6.45, 7) is 24.7. The van der Waals surface area contributed by atoms with Gasteiger partial charge in [-0.2, -0.15) is 0 Å². The summed E-state index contributed by atoms with van der Waals surface area (Å²) in [5.74, 6) is -0.354. The number of likely N-dealkylation sites (tertiary alicyclic amines) is 1. The minimum atomic E-state index is -0.932. The molecule has 6 rings (SSSR count).